The molecule has 0 amide bonds. The summed E-state index contributed by atoms with van der Waals surface area (Å²) in [6.07, 6.45) is 1.03. The largest absolute Gasteiger partial charge is 0.480 e. The fraction of sp³-hybridized carbons (Fsp3) is 0.571. The summed E-state index contributed by atoms with van der Waals surface area (Å²) in [5, 5.41) is 12.7. The highest BCUT2D eigenvalue weighted by Crippen LogP contribution is 2.21. The quantitative estimate of drug-likeness (QED) is 0.615. The van der Waals surface area contributed by atoms with Gasteiger partial charge in [-0.05, 0) is 6.42 Å². The number of carbonyl (C=O) groups is 1. The smallest absolute Gasteiger partial charge is 0.346 e. The van der Waals surface area contributed by atoms with Gasteiger partial charge < -0.3 is 5.11 Å². The Kier molecular flexibility index (Phi) is 1.51. The van der Waals surface area contributed by atoms with Crippen LogP contribution >= 0.6 is 0 Å². The maximum atomic E-state index is 11.4. The number of fused-ring (bicyclic) bond motifs is 1. The van der Waals surface area contributed by atoms with Crippen LogP contribution in [0.15, 0.2) is 4.79 Å². The lowest BCUT2D eigenvalue weighted by Gasteiger charge is -2.03. The molecule has 1 aliphatic heterocycles. The number of aliphatic carboxylic acids is 1. The minimum absolute atomic E-state index is 0.347. The van der Waals surface area contributed by atoms with Crippen molar-refractivity contribution in [1.29, 1.82) is 0 Å². The number of hydrogen-bond donors (Lipinski definition) is 1. The first kappa shape index (κ1) is 8.03. The Balaban J connectivity index is 2.58. The van der Waals surface area contributed by atoms with Crippen molar-refractivity contribution in [2.75, 3.05) is 0 Å². The Morgan fingerprint density at radius 2 is 2.38 bits per heavy atom. The van der Waals surface area contributed by atoms with Crippen LogP contribution in [0.5, 0.6) is 0 Å². The van der Waals surface area contributed by atoms with Gasteiger partial charge in [0.05, 0.1) is 0 Å². The van der Waals surface area contributed by atoms with E-state index in [4.69, 9.17) is 5.11 Å². The minimum atomic E-state index is -0.964. The van der Waals surface area contributed by atoms with Gasteiger partial charge in [0, 0.05) is 13.5 Å². The highest BCUT2D eigenvalue weighted by atomic mass is 16.4. The van der Waals surface area contributed by atoms with E-state index in [0.29, 0.717) is 18.7 Å². The monoisotopic (exact) mass is 183 g/mol. The van der Waals surface area contributed by atoms with Crippen molar-refractivity contribution in [2.24, 2.45) is 7.05 Å². The number of hydrogen-bond acceptors (Lipinski definition) is 3. The molecule has 0 bridgehead atoms. The summed E-state index contributed by atoms with van der Waals surface area (Å²) < 4.78 is 2.42. The highest BCUT2D eigenvalue weighted by molar-refractivity contribution is 5.72. The van der Waals surface area contributed by atoms with Crippen LogP contribution in [0.3, 0.4) is 0 Å². The Bertz CT molecular complexity index is 417. The van der Waals surface area contributed by atoms with Gasteiger partial charge in [0.15, 0.2) is 0 Å². The molecular weight excluding hydrogens is 174 g/mol. The molecule has 2 rings (SSSR count). The Morgan fingerprint density at radius 1 is 1.69 bits per heavy atom. The van der Waals surface area contributed by atoms with Crippen LogP contribution < -0.4 is 5.69 Å². The van der Waals surface area contributed by atoms with Gasteiger partial charge in [0.2, 0.25) is 0 Å². The third-order valence-corrected chi connectivity index (χ3v) is 2.26. The molecule has 0 saturated heterocycles. The first-order valence-corrected chi connectivity index (χ1v) is 3.98. The maximum Gasteiger partial charge on any atom is 0.346 e. The van der Waals surface area contributed by atoms with Gasteiger partial charge in [-0.15, -0.1) is 0 Å². The number of rotatable bonds is 1. The van der Waals surface area contributed by atoms with Crippen molar-refractivity contribution in [1.82, 2.24) is 14.3 Å². The molecule has 1 aliphatic rings. The molecule has 0 saturated carbocycles. The van der Waals surface area contributed by atoms with E-state index in [2.05, 4.69) is 5.10 Å². The van der Waals surface area contributed by atoms with Gasteiger partial charge in [-0.3, -0.25) is 4.57 Å². The molecule has 0 radical (unpaired) electrons. The fourth-order valence-electron chi connectivity index (χ4n) is 1.64. The van der Waals surface area contributed by atoms with Gasteiger partial charge in [0.1, 0.15) is 11.9 Å². The van der Waals surface area contributed by atoms with E-state index in [0.717, 1.165) is 0 Å². The Hall–Kier alpha value is -1.59. The predicted molar refractivity (Wildman–Crippen MR) is 42.5 cm³/mol. The molecule has 6 heteroatoms. The Morgan fingerprint density at radius 3 is 3.00 bits per heavy atom. The summed E-state index contributed by atoms with van der Waals surface area (Å²) in [7, 11) is 1.52. The molecule has 2 heterocycles. The normalized spacial score (nSPS) is 20.2. The molecule has 13 heavy (non-hydrogen) atoms. The molecule has 1 atom stereocenters. The standard InChI is InChI=1S/C7H9N3O3/c1-9-7(13)10-4(6(11)12)2-3-5(10)8-9/h4H,2-3H2,1H3,(H,11,12)/t4-/m0/s1. The SMILES string of the molecule is Cn1nc2n(c1=O)[C@H](C(=O)O)CC2. The zero-order chi connectivity index (χ0) is 9.59. The number of carboxylic acid groups (broad SMARTS) is 1. The lowest BCUT2D eigenvalue weighted by molar-refractivity contribution is -0.140. The molecular formula is C7H9N3O3. The topological polar surface area (TPSA) is 77.1 Å². The van der Waals surface area contributed by atoms with Crippen LogP contribution in [0.1, 0.15) is 18.3 Å². The minimum Gasteiger partial charge on any atom is -0.480 e. The lowest BCUT2D eigenvalue weighted by atomic mass is 10.2. The number of aromatic nitrogens is 3. The molecule has 0 unspecified atom stereocenters. The highest BCUT2D eigenvalue weighted by Gasteiger charge is 2.31. The molecule has 1 aromatic heterocycles. The van der Waals surface area contributed by atoms with E-state index < -0.39 is 12.0 Å². The third-order valence-electron chi connectivity index (χ3n) is 2.26. The van der Waals surface area contributed by atoms with Crippen molar-refractivity contribution in [3.05, 3.63) is 16.3 Å². The van der Waals surface area contributed by atoms with Crippen molar-refractivity contribution in [3.8, 4) is 0 Å². The van der Waals surface area contributed by atoms with E-state index in [1.807, 2.05) is 0 Å². The van der Waals surface area contributed by atoms with Gasteiger partial charge in [0.25, 0.3) is 0 Å². The summed E-state index contributed by atoms with van der Waals surface area (Å²) in [5.41, 5.74) is -0.347. The average Bonchev–Trinajstić information content (AvgIpc) is 2.55. The summed E-state index contributed by atoms with van der Waals surface area (Å²) >= 11 is 0. The first-order valence-electron chi connectivity index (χ1n) is 3.98. The second kappa shape index (κ2) is 2.45. The predicted octanol–water partition coefficient (Wildman–Crippen LogP) is -0.846. The maximum absolute atomic E-state index is 11.4. The van der Waals surface area contributed by atoms with E-state index >= 15 is 0 Å². The second-order valence-electron chi connectivity index (χ2n) is 3.09. The summed E-state index contributed by atoms with van der Waals surface area (Å²) in [6.45, 7) is 0. The van der Waals surface area contributed by atoms with Gasteiger partial charge >= 0.3 is 11.7 Å². The van der Waals surface area contributed by atoms with E-state index in [1.165, 1.54) is 16.3 Å². The van der Waals surface area contributed by atoms with Crippen molar-refractivity contribution in [3.63, 3.8) is 0 Å². The first-order chi connectivity index (χ1) is 6.11. The molecule has 70 valence electrons. The number of aryl methyl sites for hydroxylation is 2. The fourth-order valence-corrected chi connectivity index (χ4v) is 1.64. The van der Waals surface area contributed by atoms with Crippen LogP contribution in [0.2, 0.25) is 0 Å². The van der Waals surface area contributed by atoms with Crippen molar-refractivity contribution in [2.45, 2.75) is 18.9 Å². The van der Waals surface area contributed by atoms with Gasteiger partial charge in [-0.25, -0.2) is 14.3 Å². The summed E-state index contributed by atoms with van der Waals surface area (Å²) in [6, 6.07) is -0.726. The van der Waals surface area contributed by atoms with Crippen LogP contribution in [-0.4, -0.2) is 25.4 Å². The second-order valence-corrected chi connectivity index (χ2v) is 3.09. The number of nitrogens with zero attached hydrogens (tertiary/aromatic N) is 3. The van der Waals surface area contributed by atoms with Crippen LogP contribution in [0.4, 0.5) is 0 Å². The van der Waals surface area contributed by atoms with E-state index in [9.17, 15) is 9.59 Å². The zero-order valence-electron chi connectivity index (χ0n) is 7.10. The van der Waals surface area contributed by atoms with Gasteiger partial charge in [-0.2, -0.15) is 5.10 Å². The Labute approximate surface area is 73.4 Å². The van der Waals surface area contributed by atoms with Crippen LogP contribution in [-0.2, 0) is 18.3 Å². The van der Waals surface area contributed by atoms with Crippen molar-refractivity contribution < 1.29 is 9.90 Å². The lowest BCUT2D eigenvalue weighted by Crippen LogP contribution is -2.28. The van der Waals surface area contributed by atoms with Crippen LogP contribution in [0.25, 0.3) is 0 Å². The van der Waals surface area contributed by atoms with Crippen molar-refractivity contribution >= 4 is 5.97 Å². The molecule has 1 aromatic rings. The molecule has 0 aromatic carbocycles. The summed E-state index contributed by atoms with van der Waals surface area (Å²) in [4.78, 5) is 22.1. The molecule has 0 aliphatic carbocycles. The third kappa shape index (κ3) is 0.980. The average molecular weight is 183 g/mol. The zero-order valence-corrected chi connectivity index (χ0v) is 7.10. The van der Waals surface area contributed by atoms with Crippen LogP contribution in [0, 0.1) is 0 Å². The van der Waals surface area contributed by atoms with E-state index in [-0.39, 0.29) is 5.69 Å². The van der Waals surface area contributed by atoms with Gasteiger partial charge in [-0.1, -0.05) is 0 Å². The molecule has 1 N–H and O–H groups in total. The molecule has 0 fully saturated rings. The van der Waals surface area contributed by atoms with E-state index in [1.54, 1.807) is 0 Å². The molecule has 0 spiro atoms. The number of carboxylic acids is 1. The summed E-state index contributed by atoms with van der Waals surface area (Å²) in [5.74, 6) is -0.395. The molecule has 6 nitrogen and oxygen atoms in total.